The number of carbonyl (C=O) groups is 2. The average molecular weight is 549 g/mol. The third-order valence-corrected chi connectivity index (χ3v) is 8.10. The van der Waals surface area contributed by atoms with Crippen LogP contribution in [0.1, 0.15) is 39.1 Å². The molecule has 5 aromatic rings. The van der Waals surface area contributed by atoms with E-state index in [0.717, 1.165) is 16.5 Å². The monoisotopic (exact) mass is 548 g/mol. The third-order valence-electron chi connectivity index (χ3n) is 7.08. The second kappa shape index (κ2) is 10.2. The van der Waals surface area contributed by atoms with Crippen LogP contribution in [0.5, 0.6) is 11.5 Å². The minimum absolute atomic E-state index is 0.247. The van der Waals surface area contributed by atoms with Gasteiger partial charge >= 0.3 is 0 Å². The van der Waals surface area contributed by atoms with Crippen LogP contribution < -0.4 is 9.47 Å². The van der Waals surface area contributed by atoms with Gasteiger partial charge in [-0.2, -0.15) is 0 Å². The number of benzene rings is 4. The van der Waals surface area contributed by atoms with Crippen LogP contribution >= 0.6 is 11.8 Å². The summed E-state index contributed by atoms with van der Waals surface area (Å²) in [6.45, 7) is 0.637. The van der Waals surface area contributed by atoms with E-state index in [1.54, 1.807) is 12.1 Å². The van der Waals surface area contributed by atoms with E-state index in [0.29, 0.717) is 58.9 Å². The highest BCUT2D eigenvalue weighted by molar-refractivity contribution is 7.99. The molecule has 0 aliphatic carbocycles. The van der Waals surface area contributed by atoms with Gasteiger partial charge in [-0.3, -0.25) is 19.1 Å². The minimum Gasteiger partial charge on any atom is -0.485 e. The minimum atomic E-state index is -0.427. The summed E-state index contributed by atoms with van der Waals surface area (Å²) in [5.41, 5.74) is 2.06. The summed E-state index contributed by atoms with van der Waals surface area (Å²) >= 11 is 1.53. The highest BCUT2D eigenvalue weighted by atomic mass is 32.2. The van der Waals surface area contributed by atoms with Crippen molar-refractivity contribution in [3.63, 3.8) is 0 Å². The normalized spacial score (nSPS) is 16.0. The van der Waals surface area contributed by atoms with Gasteiger partial charge < -0.3 is 9.47 Å². The standard InChI is InChI=1S/C31H24N4O4S/c36-29-22-13-6-9-20-10-7-14-23(27(20)22)30(37)34(29)17-8-18-40-31-33-32-28(35(31)21-11-2-1-3-12-21)26-19-38-24-15-4-5-16-25(24)39-26/h1-7,9-16,26H,8,17-19H2. The van der Waals surface area contributed by atoms with Crippen molar-refractivity contribution in [3.8, 4) is 17.2 Å². The maximum atomic E-state index is 13.2. The van der Waals surface area contributed by atoms with Crippen molar-refractivity contribution in [1.82, 2.24) is 19.7 Å². The van der Waals surface area contributed by atoms with Crippen molar-refractivity contribution in [1.29, 1.82) is 0 Å². The van der Waals surface area contributed by atoms with Gasteiger partial charge in [-0.15, -0.1) is 10.2 Å². The number of nitrogens with zero attached hydrogens (tertiary/aromatic N) is 4. The number of hydrogen-bond donors (Lipinski definition) is 0. The number of carbonyl (C=O) groups excluding carboxylic acids is 2. The molecule has 3 heterocycles. The number of aromatic nitrogens is 3. The highest BCUT2D eigenvalue weighted by Gasteiger charge is 2.33. The summed E-state index contributed by atoms with van der Waals surface area (Å²) in [6.07, 6.45) is 0.177. The van der Waals surface area contributed by atoms with E-state index in [1.165, 1.54) is 16.7 Å². The molecule has 0 saturated heterocycles. The molecule has 2 amide bonds. The van der Waals surface area contributed by atoms with Crippen LogP contribution in [0.25, 0.3) is 16.5 Å². The van der Waals surface area contributed by atoms with Crippen LogP contribution in [0.15, 0.2) is 96.2 Å². The van der Waals surface area contributed by atoms with Crippen molar-refractivity contribution in [3.05, 3.63) is 108 Å². The maximum absolute atomic E-state index is 13.2. The largest absolute Gasteiger partial charge is 0.485 e. The van der Waals surface area contributed by atoms with Gasteiger partial charge in [-0.25, -0.2) is 0 Å². The first-order valence-electron chi connectivity index (χ1n) is 13.1. The predicted octanol–water partition coefficient (Wildman–Crippen LogP) is 5.71. The smallest absolute Gasteiger partial charge is 0.261 e. The van der Waals surface area contributed by atoms with Crippen LogP contribution in [0.4, 0.5) is 0 Å². The van der Waals surface area contributed by atoms with Gasteiger partial charge in [0.25, 0.3) is 11.8 Å². The number of imide groups is 1. The van der Waals surface area contributed by atoms with Crippen LogP contribution in [0.3, 0.4) is 0 Å². The van der Waals surface area contributed by atoms with E-state index < -0.39 is 6.10 Å². The van der Waals surface area contributed by atoms with E-state index in [1.807, 2.05) is 83.4 Å². The molecule has 0 spiro atoms. The van der Waals surface area contributed by atoms with E-state index in [9.17, 15) is 9.59 Å². The van der Waals surface area contributed by atoms with E-state index in [2.05, 4.69) is 10.2 Å². The molecule has 1 unspecified atom stereocenters. The summed E-state index contributed by atoms with van der Waals surface area (Å²) in [4.78, 5) is 27.8. The molecule has 8 nitrogen and oxygen atoms in total. The highest BCUT2D eigenvalue weighted by Crippen LogP contribution is 2.37. The summed E-state index contributed by atoms with van der Waals surface area (Å²) < 4.78 is 14.2. The average Bonchev–Trinajstić information content (AvgIpc) is 3.43. The van der Waals surface area contributed by atoms with Crippen molar-refractivity contribution >= 4 is 34.3 Å². The Morgan fingerprint density at radius 2 is 1.50 bits per heavy atom. The Morgan fingerprint density at radius 1 is 0.800 bits per heavy atom. The first kappa shape index (κ1) is 24.4. The molecule has 0 radical (unpaired) electrons. The Bertz CT molecular complexity index is 1700. The molecule has 7 rings (SSSR count). The third kappa shape index (κ3) is 4.19. The fraction of sp³-hybridized carbons (Fsp3) is 0.161. The SMILES string of the molecule is O=C1c2cccc3cccc(c23)C(=O)N1CCCSc1nnc(C2COc3ccccc3O2)n1-c1ccccc1. The number of amides is 2. The molecule has 1 atom stereocenters. The van der Waals surface area contributed by atoms with E-state index in [-0.39, 0.29) is 11.8 Å². The molecule has 4 aromatic carbocycles. The van der Waals surface area contributed by atoms with Crippen molar-refractivity contribution in [2.75, 3.05) is 18.9 Å². The molecule has 198 valence electrons. The Labute approximate surface area is 234 Å². The van der Waals surface area contributed by atoms with Gasteiger partial charge in [-0.1, -0.05) is 66.4 Å². The molecular weight excluding hydrogens is 524 g/mol. The van der Waals surface area contributed by atoms with Gasteiger partial charge in [0.1, 0.15) is 6.61 Å². The molecule has 0 N–H and O–H groups in total. The lowest BCUT2D eigenvalue weighted by molar-refractivity contribution is 0.0611. The number of ether oxygens (including phenoxy) is 2. The predicted molar refractivity (Wildman–Crippen MR) is 151 cm³/mol. The van der Waals surface area contributed by atoms with Gasteiger partial charge in [-0.05, 0) is 48.2 Å². The summed E-state index contributed by atoms with van der Waals surface area (Å²) in [5, 5.41) is 11.3. The zero-order valence-corrected chi connectivity index (χ0v) is 22.2. The molecule has 40 heavy (non-hydrogen) atoms. The van der Waals surface area contributed by atoms with Crippen molar-refractivity contribution in [2.45, 2.75) is 17.7 Å². The van der Waals surface area contributed by atoms with Crippen molar-refractivity contribution in [2.24, 2.45) is 0 Å². The van der Waals surface area contributed by atoms with E-state index >= 15 is 0 Å². The van der Waals surface area contributed by atoms with Gasteiger partial charge in [0.05, 0.1) is 0 Å². The number of fused-ring (bicyclic) bond motifs is 1. The van der Waals surface area contributed by atoms with Gasteiger partial charge in [0.15, 0.2) is 28.6 Å². The molecular formula is C31H24N4O4S. The van der Waals surface area contributed by atoms with Crippen LogP contribution in [0.2, 0.25) is 0 Å². The first-order valence-corrected chi connectivity index (χ1v) is 14.1. The molecule has 0 fully saturated rings. The lowest BCUT2D eigenvalue weighted by Gasteiger charge is -2.27. The molecule has 2 aliphatic heterocycles. The van der Waals surface area contributed by atoms with Crippen LogP contribution in [-0.4, -0.2) is 50.4 Å². The zero-order chi connectivity index (χ0) is 27.1. The fourth-order valence-electron chi connectivity index (χ4n) is 5.22. The summed E-state index contributed by atoms with van der Waals surface area (Å²) in [6, 6.07) is 28.6. The van der Waals surface area contributed by atoms with Crippen LogP contribution in [0, 0.1) is 0 Å². The number of para-hydroxylation sites is 3. The molecule has 1 aromatic heterocycles. The van der Waals surface area contributed by atoms with Crippen LogP contribution in [-0.2, 0) is 0 Å². The molecule has 9 heteroatoms. The summed E-state index contributed by atoms with van der Waals surface area (Å²) in [5.74, 6) is 2.17. The zero-order valence-electron chi connectivity index (χ0n) is 21.4. The quantitative estimate of drug-likeness (QED) is 0.146. The maximum Gasteiger partial charge on any atom is 0.261 e. The van der Waals surface area contributed by atoms with Gasteiger partial charge in [0, 0.05) is 34.5 Å². The Hall–Kier alpha value is -4.63. The van der Waals surface area contributed by atoms with Gasteiger partial charge in [0.2, 0.25) is 0 Å². The number of thioether (sulfide) groups is 1. The van der Waals surface area contributed by atoms with Crippen molar-refractivity contribution < 1.29 is 19.1 Å². The summed E-state index contributed by atoms with van der Waals surface area (Å²) in [7, 11) is 0. The lowest BCUT2D eigenvalue weighted by atomic mass is 9.94. The Morgan fingerprint density at radius 3 is 2.25 bits per heavy atom. The second-order valence-corrected chi connectivity index (χ2v) is 10.6. The molecule has 2 aliphatic rings. The first-order chi connectivity index (χ1) is 19.7. The molecule has 0 saturated carbocycles. The molecule has 0 bridgehead atoms. The van der Waals surface area contributed by atoms with E-state index in [4.69, 9.17) is 9.47 Å². The second-order valence-electron chi connectivity index (χ2n) is 9.55. The lowest BCUT2D eigenvalue weighted by Crippen LogP contribution is -2.41. The fourth-order valence-corrected chi connectivity index (χ4v) is 6.10. The Kier molecular flexibility index (Phi) is 6.20. The number of rotatable bonds is 7. The topological polar surface area (TPSA) is 86.6 Å². The Balaban J connectivity index is 1.09. The number of hydrogen-bond acceptors (Lipinski definition) is 7.